The zero-order valence-corrected chi connectivity index (χ0v) is 15.5. The van der Waals surface area contributed by atoms with E-state index in [4.69, 9.17) is 0 Å². The van der Waals surface area contributed by atoms with Crippen LogP contribution in [0.2, 0.25) is 0 Å². The first-order valence-corrected chi connectivity index (χ1v) is 8.51. The van der Waals surface area contributed by atoms with Gasteiger partial charge in [0.15, 0.2) is 0 Å². The molecular weight excluding hydrogens is 364 g/mol. The first kappa shape index (κ1) is 16.5. The molecule has 5 heteroatoms. The van der Waals surface area contributed by atoms with Crippen molar-refractivity contribution >= 4 is 39.1 Å². The monoisotopic (exact) mass is 382 g/mol. The Balaban J connectivity index is 1.86. The van der Waals surface area contributed by atoms with Crippen molar-refractivity contribution in [3.8, 4) is 0 Å². The van der Waals surface area contributed by atoms with Gasteiger partial charge in [-0.3, -0.25) is 0 Å². The number of aromatic nitrogens is 2. The van der Waals surface area contributed by atoms with Gasteiger partial charge in [-0.25, -0.2) is 4.98 Å². The summed E-state index contributed by atoms with van der Waals surface area (Å²) >= 11 is 3.58. The summed E-state index contributed by atoms with van der Waals surface area (Å²) in [4.78, 5) is 9.03. The summed E-state index contributed by atoms with van der Waals surface area (Å²) in [5, 5.41) is 6.60. The van der Waals surface area contributed by atoms with Gasteiger partial charge in [0.25, 0.3) is 0 Å². The molecule has 0 amide bonds. The van der Waals surface area contributed by atoms with Gasteiger partial charge in [0.1, 0.15) is 5.82 Å². The van der Waals surface area contributed by atoms with Crippen LogP contribution in [-0.4, -0.2) is 9.97 Å². The molecule has 0 aliphatic rings. The van der Waals surface area contributed by atoms with Crippen molar-refractivity contribution in [2.75, 3.05) is 10.6 Å². The molecular formula is C19H19BrN4. The molecule has 0 saturated carbocycles. The van der Waals surface area contributed by atoms with Gasteiger partial charge in [0, 0.05) is 21.9 Å². The number of hydrogen-bond acceptors (Lipinski definition) is 4. The zero-order chi connectivity index (χ0) is 17.1. The average Bonchev–Trinajstić information content (AvgIpc) is 2.49. The quantitative estimate of drug-likeness (QED) is 0.611. The Morgan fingerprint density at radius 1 is 0.833 bits per heavy atom. The molecule has 2 aromatic carbocycles. The van der Waals surface area contributed by atoms with Crippen molar-refractivity contribution in [3.05, 3.63) is 69.8 Å². The van der Waals surface area contributed by atoms with Gasteiger partial charge in [-0.05, 0) is 72.1 Å². The number of halogens is 1. The third-order valence-corrected chi connectivity index (χ3v) is 4.17. The molecule has 1 heterocycles. The maximum Gasteiger partial charge on any atom is 0.229 e. The minimum absolute atomic E-state index is 0.575. The fourth-order valence-corrected chi connectivity index (χ4v) is 2.99. The lowest BCUT2D eigenvalue weighted by molar-refractivity contribution is 1.11. The van der Waals surface area contributed by atoms with Crippen LogP contribution in [0.1, 0.15) is 16.8 Å². The molecule has 0 aliphatic heterocycles. The number of aryl methyl sites for hydroxylation is 3. The van der Waals surface area contributed by atoms with Crippen molar-refractivity contribution in [1.82, 2.24) is 9.97 Å². The molecule has 0 atom stereocenters. The smallest absolute Gasteiger partial charge is 0.229 e. The third kappa shape index (κ3) is 4.11. The molecule has 0 spiro atoms. The van der Waals surface area contributed by atoms with Gasteiger partial charge in [-0.15, -0.1) is 0 Å². The fraction of sp³-hybridized carbons (Fsp3) is 0.158. The summed E-state index contributed by atoms with van der Waals surface area (Å²) in [5.41, 5.74) is 5.23. The van der Waals surface area contributed by atoms with Gasteiger partial charge in [-0.1, -0.05) is 18.2 Å². The second-order valence-corrected chi connectivity index (χ2v) is 6.68. The number of nitrogens with one attached hydrogen (secondary N) is 2. The van der Waals surface area contributed by atoms with Crippen molar-refractivity contribution < 1.29 is 0 Å². The summed E-state index contributed by atoms with van der Waals surface area (Å²) in [7, 11) is 0. The maximum atomic E-state index is 4.56. The van der Waals surface area contributed by atoms with E-state index in [1.54, 1.807) is 0 Å². The molecule has 3 aromatic rings. The Kier molecular flexibility index (Phi) is 4.81. The Morgan fingerprint density at radius 3 is 2.38 bits per heavy atom. The number of hydrogen-bond donors (Lipinski definition) is 2. The average molecular weight is 383 g/mol. The van der Waals surface area contributed by atoms with Crippen molar-refractivity contribution in [1.29, 1.82) is 0 Å². The summed E-state index contributed by atoms with van der Waals surface area (Å²) in [6, 6.07) is 16.2. The highest BCUT2D eigenvalue weighted by molar-refractivity contribution is 9.10. The highest BCUT2D eigenvalue weighted by Crippen LogP contribution is 2.27. The minimum Gasteiger partial charge on any atom is -0.339 e. The minimum atomic E-state index is 0.575. The molecule has 0 radical (unpaired) electrons. The number of nitrogens with zero attached hydrogens (tertiary/aromatic N) is 2. The number of rotatable bonds is 4. The molecule has 122 valence electrons. The van der Waals surface area contributed by atoms with E-state index in [0.29, 0.717) is 5.95 Å². The maximum absolute atomic E-state index is 4.56. The van der Waals surface area contributed by atoms with E-state index >= 15 is 0 Å². The van der Waals surface area contributed by atoms with E-state index in [0.717, 1.165) is 27.4 Å². The van der Waals surface area contributed by atoms with Gasteiger partial charge >= 0.3 is 0 Å². The first-order valence-electron chi connectivity index (χ1n) is 7.72. The van der Waals surface area contributed by atoms with Crippen LogP contribution in [0.15, 0.2) is 53.0 Å². The molecule has 3 rings (SSSR count). The Hall–Kier alpha value is -2.40. The molecule has 0 unspecified atom stereocenters. The van der Waals surface area contributed by atoms with Gasteiger partial charge in [0.2, 0.25) is 5.95 Å². The van der Waals surface area contributed by atoms with E-state index in [1.165, 1.54) is 11.1 Å². The molecule has 0 bridgehead atoms. The molecule has 0 fully saturated rings. The Bertz CT molecular complexity index is 877. The predicted octanol–water partition coefficient (Wildman–Crippen LogP) is 5.65. The van der Waals surface area contributed by atoms with Crippen LogP contribution in [0.4, 0.5) is 23.1 Å². The van der Waals surface area contributed by atoms with Crippen molar-refractivity contribution in [2.24, 2.45) is 0 Å². The summed E-state index contributed by atoms with van der Waals surface area (Å²) < 4.78 is 1.01. The standard InChI is InChI=1S/C19H19BrN4/c1-12-5-4-6-15(9-12)22-19-21-14(3)11-18(24-19)23-17-8-7-13(2)10-16(17)20/h4-11H,1-3H3,(H2,21,22,23,24). The van der Waals surface area contributed by atoms with E-state index in [-0.39, 0.29) is 0 Å². The number of anilines is 4. The molecule has 0 saturated heterocycles. The normalized spacial score (nSPS) is 10.5. The van der Waals surface area contributed by atoms with Gasteiger partial charge in [-0.2, -0.15) is 4.98 Å². The van der Waals surface area contributed by atoms with Crippen molar-refractivity contribution in [2.45, 2.75) is 20.8 Å². The summed E-state index contributed by atoms with van der Waals surface area (Å²) in [5.74, 6) is 1.33. The Morgan fingerprint density at radius 2 is 1.62 bits per heavy atom. The highest BCUT2D eigenvalue weighted by atomic mass is 79.9. The lowest BCUT2D eigenvalue weighted by atomic mass is 10.2. The van der Waals surface area contributed by atoms with Crippen LogP contribution in [0.5, 0.6) is 0 Å². The lowest BCUT2D eigenvalue weighted by Gasteiger charge is -2.12. The van der Waals surface area contributed by atoms with Crippen LogP contribution < -0.4 is 10.6 Å². The lowest BCUT2D eigenvalue weighted by Crippen LogP contribution is -2.02. The van der Waals surface area contributed by atoms with Gasteiger partial charge in [0.05, 0.1) is 5.69 Å². The summed E-state index contributed by atoms with van der Waals surface area (Å²) in [6.45, 7) is 6.08. The van der Waals surface area contributed by atoms with Crippen LogP contribution in [0.25, 0.3) is 0 Å². The highest BCUT2D eigenvalue weighted by Gasteiger charge is 2.06. The SMILES string of the molecule is Cc1cccc(Nc2nc(C)cc(Nc3ccc(C)cc3Br)n2)c1. The second kappa shape index (κ2) is 7.01. The van der Waals surface area contributed by atoms with E-state index in [2.05, 4.69) is 74.6 Å². The van der Waals surface area contributed by atoms with Crippen LogP contribution in [-0.2, 0) is 0 Å². The Labute approximate surface area is 150 Å². The van der Waals surface area contributed by atoms with E-state index in [1.807, 2.05) is 31.2 Å². The largest absolute Gasteiger partial charge is 0.339 e. The molecule has 24 heavy (non-hydrogen) atoms. The molecule has 1 aromatic heterocycles. The molecule has 0 aliphatic carbocycles. The zero-order valence-electron chi connectivity index (χ0n) is 13.9. The predicted molar refractivity (Wildman–Crippen MR) is 103 cm³/mol. The third-order valence-electron chi connectivity index (χ3n) is 3.52. The van der Waals surface area contributed by atoms with E-state index in [9.17, 15) is 0 Å². The molecule has 2 N–H and O–H groups in total. The molecule has 4 nitrogen and oxygen atoms in total. The first-order chi connectivity index (χ1) is 11.5. The fourth-order valence-electron chi connectivity index (χ4n) is 2.40. The van der Waals surface area contributed by atoms with Crippen LogP contribution in [0, 0.1) is 20.8 Å². The van der Waals surface area contributed by atoms with Gasteiger partial charge < -0.3 is 10.6 Å². The number of benzene rings is 2. The van der Waals surface area contributed by atoms with E-state index < -0.39 is 0 Å². The summed E-state index contributed by atoms with van der Waals surface area (Å²) in [6.07, 6.45) is 0. The topological polar surface area (TPSA) is 49.8 Å². The van der Waals surface area contributed by atoms with Crippen LogP contribution in [0.3, 0.4) is 0 Å². The second-order valence-electron chi connectivity index (χ2n) is 5.82. The van der Waals surface area contributed by atoms with Crippen molar-refractivity contribution in [3.63, 3.8) is 0 Å². The van der Waals surface area contributed by atoms with Crippen LogP contribution >= 0.6 is 15.9 Å².